The smallest absolute Gasteiger partial charge is 0.224 e. The minimum absolute atomic E-state index is 0.0288. The first kappa shape index (κ1) is 16.9. The van der Waals surface area contributed by atoms with Crippen LogP contribution in [0.25, 0.3) is 0 Å². The van der Waals surface area contributed by atoms with E-state index in [0.717, 1.165) is 5.56 Å². The van der Waals surface area contributed by atoms with Crippen LogP contribution >= 0.6 is 11.3 Å². The number of Topliss-reactive ketones (excluding diaryl/α,β-unsaturated/α-hetero) is 1. The molecule has 1 aromatic carbocycles. The van der Waals surface area contributed by atoms with E-state index < -0.39 is 0 Å². The third-order valence-electron chi connectivity index (χ3n) is 3.21. The number of hydrogen-bond acceptors (Lipinski definition) is 4. The molecule has 23 heavy (non-hydrogen) atoms. The number of thiophene rings is 1. The van der Waals surface area contributed by atoms with Crippen molar-refractivity contribution in [1.29, 1.82) is 0 Å². The van der Waals surface area contributed by atoms with Crippen molar-refractivity contribution >= 4 is 40.3 Å². The Balaban J connectivity index is 1.94. The van der Waals surface area contributed by atoms with Gasteiger partial charge in [0.25, 0.3) is 0 Å². The fourth-order valence-electron chi connectivity index (χ4n) is 2.04. The molecule has 0 radical (unpaired) electrons. The van der Waals surface area contributed by atoms with Gasteiger partial charge in [0.15, 0.2) is 5.78 Å². The second kappa shape index (κ2) is 7.69. The quantitative estimate of drug-likeness (QED) is 0.794. The van der Waals surface area contributed by atoms with E-state index in [1.54, 1.807) is 18.2 Å². The number of carbonyl (C=O) groups excluding carboxylic acids is 3. The highest BCUT2D eigenvalue weighted by Crippen LogP contribution is 2.21. The standard InChI is InChI=1S/C17H18N2O3S/c1-11-5-6-13(18-12(2)20)10-14(11)19-17(22)8-7-15(21)16-4-3-9-23-16/h3-6,9-10H,7-8H2,1-2H3,(H,18,20)(H,19,22). The summed E-state index contributed by atoms with van der Waals surface area (Å²) >= 11 is 1.38. The molecule has 0 aliphatic heterocycles. The summed E-state index contributed by atoms with van der Waals surface area (Å²) in [5.74, 6) is -0.426. The molecule has 0 atom stereocenters. The fourth-order valence-corrected chi connectivity index (χ4v) is 2.73. The zero-order valence-corrected chi connectivity index (χ0v) is 13.8. The summed E-state index contributed by atoms with van der Waals surface area (Å²) in [5.41, 5.74) is 2.13. The van der Waals surface area contributed by atoms with Gasteiger partial charge in [0.1, 0.15) is 0 Å². The number of rotatable bonds is 6. The largest absolute Gasteiger partial charge is 0.326 e. The molecule has 2 rings (SSSR count). The number of carbonyl (C=O) groups is 3. The fraction of sp³-hybridized carbons (Fsp3) is 0.235. The van der Waals surface area contributed by atoms with Crippen molar-refractivity contribution in [2.75, 3.05) is 10.6 Å². The molecule has 2 aromatic rings. The Morgan fingerprint density at radius 3 is 2.52 bits per heavy atom. The molecule has 0 bridgehead atoms. The molecule has 2 amide bonds. The van der Waals surface area contributed by atoms with Gasteiger partial charge in [-0.3, -0.25) is 14.4 Å². The zero-order valence-electron chi connectivity index (χ0n) is 13.0. The summed E-state index contributed by atoms with van der Waals surface area (Å²) in [4.78, 5) is 35.7. The highest BCUT2D eigenvalue weighted by atomic mass is 32.1. The predicted octanol–water partition coefficient (Wildman–Crippen LogP) is 3.62. The third kappa shape index (κ3) is 5.03. The average molecular weight is 330 g/mol. The van der Waals surface area contributed by atoms with Gasteiger partial charge in [-0.2, -0.15) is 0 Å². The number of amides is 2. The second-order valence-electron chi connectivity index (χ2n) is 5.16. The normalized spacial score (nSPS) is 10.2. The highest BCUT2D eigenvalue weighted by Gasteiger charge is 2.11. The Hall–Kier alpha value is -2.47. The van der Waals surface area contributed by atoms with Gasteiger partial charge in [0, 0.05) is 31.1 Å². The van der Waals surface area contributed by atoms with Crippen molar-refractivity contribution in [3.63, 3.8) is 0 Å². The second-order valence-corrected chi connectivity index (χ2v) is 6.11. The minimum Gasteiger partial charge on any atom is -0.326 e. The van der Waals surface area contributed by atoms with Crippen molar-refractivity contribution in [3.05, 3.63) is 46.2 Å². The van der Waals surface area contributed by atoms with Crippen LogP contribution in [0.3, 0.4) is 0 Å². The van der Waals surface area contributed by atoms with Crippen LogP contribution in [0.5, 0.6) is 0 Å². The zero-order chi connectivity index (χ0) is 16.8. The van der Waals surface area contributed by atoms with Crippen molar-refractivity contribution < 1.29 is 14.4 Å². The van der Waals surface area contributed by atoms with E-state index in [-0.39, 0.29) is 30.4 Å². The molecule has 6 heteroatoms. The summed E-state index contributed by atoms with van der Waals surface area (Å²) in [5, 5.41) is 7.29. The average Bonchev–Trinajstić information content (AvgIpc) is 3.02. The highest BCUT2D eigenvalue weighted by molar-refractivity contribution is 7.12. The molecule has 0 saturated heterocycles. The van der Waals surface area contributed by atoms with E-state index in [9.17, 15) is 14.4 Å². The summed E-state index contributed by atoms with van der Waals surface area (Å²) in [6.45, 7) is 3.29. The summed E-state index contributed by atoms with van der Waals surface area (Å²) < 4.78 is 0. The number of ketones is 1. The van der Waals surface area contributed by atoms with Gasteiger partial charge < -0.3 is 10.6 Å². The lowest BCUT2D eigenvalue weighted by atomic mass is 10.1. The van der Waals surface area contributed by atoms with Gasteiger partial charge in [0.05, 0.1) is 4.88 Å². The molecule has 0 aliphatic carbocycles. The number of anilines is 2. The Labute approximate surface area is 138 Å². The number of aryl methyl sites for hydroxylation is 1. The maximum atomic E-state index is 12.0. The van der Waals surface area contributed by atoms with Gasteiger partial charge in [0.2, 0.25) is 11.8 Å². The van der Waals surface area contributed by atoms with Crippen LogP contribution in [0.1, 0.15) is 35.0 Å². The van der Waals surface area contributed by atoms with E-state index >= 15 is 0 Å². The first-order valence-electron chi connectivity index (χ1n) is 7.20. The Morgan fingerprint density at radius 1 is 1.09 bits per heavy atom. The summed E-state index contributed by atoms with van der Waals surface area (Å²) in [6.07, 6.45) is 0.303. The van der Waals surface area contributed by atoms with Crippen molar-refractivity contribution in [1.82, 2.24) is 0 Å². The van der Waals surface area contributed by atoms with Gasteiger partial charge in [-0.15, -0.1) is 11.3 Å². The molecule has 0 spiro atoms. The lowest BCUT2D eigenvalue weighted by molar-refractivity contribution is -0.116. The maximum absolute atomic E-state index is 12.0. The number of hydrogen-bond donors (Lipinski definition) is 2. The maximum Gasteiger partial charge on any atom is 0.224 e. The molecule has 5 nitrogen and oxygen atoms in total. The topological polar surface area (TPSA) is 75.3 Å². The molecule has 120 valence electrons. The van der Waals surface area contributed by atoms with Gasteiger partial charge >= 0.3 is 0 Å². The minimum atomic E-state index is -0.224. The van der Waals surface area contributed by atoms with Gasteiger partial charge in [-0.05, 0) is 36.1 Å². The van der Waals surface area contributed by atoms with Crippen molar-refractivity contribution in [3.8, 4) is 0 Å². The van der Waals surface area contributed by atoms with E-state index in [0.29, 0.717) is 16.3 Å². The van der Waals surface area contributed by atoms with Crippen molar-refractivity contribution in [2.45, 2.75) is 26.7 Å². The molecule has 2 N–H and O–H groups in total. The summed E-state index contributed by atoms with van der Waals surface area (Å²) in [7, 11) is 0. The van der Waals surface area contributed by atoms with Crippen molar-refractivity contribution in [2.24, 2.45) is 0 Å². The molecular weight excluding hydrogens is 312 g/mol. The molecule has 1 aromatic heterocycles. The van der Waals surface area contributed by atoms with E-state index in [1.807, 2.05) is 24.4 Å². The lowest BCUT2D eigenvalue weighted by Gasteiger charge is -2.10. The third-order valence-corrected chi connectivity index (χ3v) is 4.12. The summed E-state index contributed by atoms with van der Waals surface area (Å²) in [6, 6.07) is 8.86. The first-order chi connectivity index (χ1) is 11.0. The van der Waals surface area contributed by atoms with Crippen LogP contribution in [0.15, 0.2) is 35.7 Å². The van der Waals surface area contributed by atoms with Crippen LogP contribution in [0, 0.1) is 6.92 Å². The van der Waals surface area contributed by atoms with Crippen LogP contribution in [0.4, 0.5) is 11.4 Å². The van der Waals surface area contributed by atoms with Crippen LogP contribution in [0.2, 0.25) is 0 Å². The van der Waals surface area contributed by atoms with E-state index in [4.69, 9.17) is 0 Å². The monoisotopic (exact) mass is 330 g/mol. The van der Waals surface area contributed by atoms with E-state index in [1.165, 1.54) is 18.3 Å². The molecular formula is C17H18N2O3S. The Morgan fingerprint density at radius 2 is 1.87 bits per heavy atom. The number of benzene rings is 1. The van der Waals surface area contributed by atoms with Gasteiger partial charge in [-0.1, -0.05) is 12.1 Å². The molecule has 1 heterocycles. The molecule has 0 fully saturated rings. The van der Waals surface area contributed by atoms with E-state index in [2.05, 4.69) is 10.6 Å². The number of nitrogens with one attached hydrogen (secondary N) is 2. The van der Waals surface area contributed by atoms with Crippen LogP contribution < -0.4 is 10.6 Å². The van der Waals surface area contributed by atoms with Gasteiger partial charge in [-0.25, -0.2) is 0 Å². The van der Waals surface area contributed by atoms with Crippen LogP contribution in [-0.4, -0.2) is 17.6 Å². The lowest BCUT2D eigenvalue weighted by Crippen LogP contribution is -2.14. The van der Waals surface area contributed by atoms with Crippen LogP contribution in [-0.2, 0) is 9.59 Å². The molecule has 0 unspecified atom stereocenters. The molecule has 0 saturated carbocycles. The first-order valence-corrected chi connectivity index (χ1v) is 8.08. The Kier molecular flexibility index (Phi) is 5.65. The Bertz CT molecular complexity index is 723. The molecule has 0 aliphatic rings. The SMILES string of the molecule is CC(=O)Nc1ccc(C)c(NC(=O)CCC(=O)c2cccs2)c1. The predicted molar refractivity (Wildman–Crippen MR) is 92.0 cm³/mol.